The molecule has 0 fully saturated rings. The number of Topliss-reactive ketones (excluding diaryl/α,β-unsaturated/α-hetero) is 1. The van der Waals surface area contributed by atoms with E-state index in [1.807, 2.05) is 5.38 Å². The van der Waals surface area contributed by atoms with Crippen LogP contribution in [0, 0.1) is 0 Å². The van der Waals surface area contributed by atoms with Crippen LogP contribution < -0.4 is 20.3 Å². The molecule has 0 saturated heterocycles. The van der Waals surface area contributed by atoms with Crippen LogP contribution in [0.15, 0.2) is 33.5 Å². The summed E-state index contributed by atoms with van der Waals surface area (Å²) in [6.45, 7) is 2.15. The van der Waals surface area contributed by atoms with Crippen molar-refractivity contribution in [3.05, 3.63) is 39.5 Å². The lowest BCUT2D eigenvalue weighted by Crippen LogP contribution is -2.25. The Labute approximate surface area is 185 Å². The minimum Gasteiger partial charge on any atom is -0.454 e. The number of amides is 1. The molecule has 0 bridgehead atoms. The number of hydrogen-bond donors (Lipinski definition) is 1. The minimum atomic E-state index is -0.343. The predicted molar refractivity (Wildman–Crippen MR) is 118 cm³/mol. The van der Waals surface area contributed by atoms with Crippen molar-refractivity contribution in [2.45, 2.75) is 18.6 Å². The SMILES string of the molecule is COCCn1c(SCC(=O)Nc2cc3c(cc2C(C)=O)OCO3)nc2ccsc2c1=O. The van der Waals surface area contributed by atoms with Gasteiger partial charge in [-0.25, -0.2) is 4.98 Å². The number of thiophene rings is 1. The average molecular weight is 462 g/mol. The molecule has 1 aromatic carbocycles. The number of methoxy groups -OCH3 is 1. The number of thioether (sulfide) groups is 1. The van der Waals surface area contributed by atoms with E-state index in [2.05, 4.69) is 10.3 Å². The maximum Gasteiger partial charge on any atom is 0.272 e. The zero-order chi connectivity index (χ0) is 22.0. The monoisotopic (exact) mass is 461 g/mol. The molecule has 1 aliphatic rings. The Kier molecular flexibility index (Phi) is 6.25. The lowest BCUT2D eigenvalue weighted by Gasteiger charge is -2.13. The fourth-order valence-corrected chi connectivity index (χ4v) is 4.67. The van der Waals surface area contributed by atoms with Gasteiger partial charge in [0.2, 0.25) is 12.7 Å². The summed E-state index contributed by atoms with van der Waals surface area (Å²) in [4.78, 5) is 41.9. The Balaban J connectivity index is 1.54. The van der Waals surface area contributed by atoms with Crippen molar-refractivity contribution in [3.63, 3.8) is 0 Å². The van der Waals surface area contributed by atoms with Crippen molar-refractivity contribution >= 4 is 50.7 Å². The molecule has 1 N–H and O–H groups in total. The molecular formula is C20H19N3O6S2. The minimum absolute atomic E-state index is 0.000846. The van der Waals surface area contributed by atoms with E-state index in [0.717, 1.165) is 11.8 Å². The molecule has 11 heteroatoms. The van der Waals surface area contributed by atoms with Gasteiger partial charge >= 0.3 is 0 Å². The first kappa shape index (κ1) is 21.3. The van der Waals surface area contributed by atoms with E-state index in [1.54, 1.807) is 25.3 Å². The molecule has 162 valence electrons. The van der Waals surface area contributed by atoms with Crippen molar-refractivity contribution < 1.29 is 23.8 Å². The highest BCUT2D eigenvalue weighted by Crippen LogP contribution is 2.37. The summed E-state index contributed by atoms with van der Waals surface area (Å²) >= 11 is 2.48. The topological polar surface area (TPSA) is 109 Å². The van der Waals surface area contributed by atoms with Crippen molar-refractivity contribution in [1.82, 2.24) is 9.55 Å². The molecule has 0 radical (unpaired) electrons. The first-order valence-electron chi connectivity index (χ1n) is 9.32. The molecule has 0 atom stereocenters. The highest BCUT2D eigenvalue weighted by Gasteiger charge is 2.21. The van der Waals surface area contributed by atoms with Crippen LogP contribution in [0.1, 0.15) is 17.3 Å². The number of ketones is 1. The smallest absolute Gasteiger partial charge is 0.272 e. The van der Waals surface area contributed by atoms with E-state index in [1.165, 1.54) is 22.8 Å². The van der Waals surface area contributed by atoms with Gasteiger partial charge in [0, 0.05) is 18.7 Å². The van der Waals surface area contributed by atoms with E-state index in [9.17, 15) is 14.4 Å². The van der Waals surface area contributed by atoms with Crippen LogP contribution in [0.2, 0.25) is 0 Å². The van der Waals surface area contributed by atoms with E-state index < -0.39 is 0 Å². The van der Waals surface area contributed by atoms with Gasteiger partial charge in [0.25, 0.3) is 5.56 Å². The van der Waals surface area contributed by atoms with E-state index in [-0.39, 0.29) is 29.8 Å². The predicted octanol–water partition coefficient (Wildman–Crippen LogP) is 2.77. The zero-order valence-electron chi connectivity index (χ0n) is 16.8. The van der Waals surface area contributed by atoms with Crippen LogP contribution >= 0.6 is 23.1 Å². The van der Waals surface area contributed by atoms with Gasteiger partial charge in [0.05, 0.1) is 30.1 Å². The van der Waals surface area contributed by atoms with Gasteiger partial charge in [-0.1, -0.05) is 11.8 Å². The van der Waals surface area contributed by atoms with E-state index in [4.69, 9.17) is 14.2 Å². The lowest BCUT2D eigenvalue weighted by molar-refractivity contribution is -0.113. The fraction of sp³-hybridized carbons (Fsp3) is 0.300. The van der Waals surface area contributed by atoms with Gasteiger partial charge < -0.3 is 19.5 Å². The number of carbonyl (C=O) groups is 2. The first-order chi connectivity index (χ1) is 15.0. The second-order valence-corrected chi connectivity index (χ2v) is 8.48. The molecule has 0 saturated carbocycles. The second-order valence-electron chi connectivity index (χ2n) is 6.62. The summed E-state index contributed by atoms with van der Waals surface area (Å²) in [6, 6.07) is 4.91. The summed E-state index contributed by atoms with van der Waals surface area (Å²) in [6.07, 6.45) is 0. The number of ether oxygens (including phenoxy) is 3. The number of nitrogens with one attached hydrogen (secondary N) is 1. The van der Waals surface area contributed by atoms with Crippen LogP contribution in [0.4, 0.5) is 5.69 Å². The standard InChI is InChI=1S/C20H19N3O6S2/c1-11(24)12-7-15-16(29-10-28-15)8-14(12)21-17(25)9-31-20-22-13-3-6-30-18(13)19(26)23(20)4-5-27-2/h3,6-8H,4-5,9-10H2,1-2H3,(H,21,25). The molecule has 2 aromatic heterocycles. The second kappa shape index (κ2) is 9.08. The number of rotatable bonds is 8. The highest BCUT2D eigenvalue weighted by molar-refractivity contribution is 7.99. The molecule has 3 aromatic rings. The number of nitrogens with zero attached hydrogens (tertiary/aromatic N) is 2. The number of anilines is 1. The third-order valence-electron chi connectivity index (χ3n) is 4.55. The van der Waals surface area contributed by atoms with Gasteiger partial charge in [-0.2, -0.15) is 0 Å². The van der Waals surface area contributed by atoms with E-state index in [0.29, 0.717) is 51.3 Å². The summed E-state index contributed by atoms with van der Waals surface area (Å²) in [5.41, 5.74) is 1.12. The molecule has 9 nitrogen and oxygen atoms in total. The Hall–Kier alpha value is -2.89. The van der Waals surface area contributed by atoms with Gasteiger partial charge in [-0.05, 0) is 24.4 Å². The Morgan fingerprint density at radius 1 is 1.32 bits per heavy atom. The summed E-state index contributed by atoms with van der Waals surface area (Å²) < 4.78 is 17.8. The lowest BCUT2D eigenvalue weighted by atomic mass is 10.1. The molecule has 0 aliphatic carbocycles. The average Bonchev–Trinajstić information content (AvgIpc) is 3.40. The van der Waals surface area contributed by atoms with Gasteiger partial charge in [0.15, 0.2) is 22.4 Å². The number of carbonyl (C=O) groups excluding carboxylic acids is 2. The van der Waals surface area contributed by atoms with Gasteiger partial charge in [0.1, 0.15) is 4.70 Å². The maximum absolute atomic E-state index is 12.8. The van der Waals surface area contributed by atoms with Crippen molar-refractivity contribution in [1.29, 1.82) is 0 Å². The molecule has 0 spiro atoms. The van der Waals surface area contributed by atoms with Gasteiger partial charge in [-0.3, -0.25) is 19.0 Å². The molecule has 1 amide bonds. The van der Waals surface area contributed by atoms with Crippen molar-refractivity contribution in [2.24, 2.45) is 0 Å². The third-order valence-corrected chi connectivity index (χ3v) is 6.42. The Bertz CT molecular complexity index is 1220. The summed E-state index contributed by atoms with van der Waals surface area (Å²) in [5, 5.41) is 4.99. The number of aromatic nitrogens is 2. The molecule has 31 heavy (non-hydrogen) atoms. The van der Waals surface area contributed by atoms with E-state index >= 15 is 0 Å². The number of fused-ring (bicyclic) bond motifs is 2. The Morgan fingerprint density at radius 2 is 2.10 bits per heavy atom. The van der Waals surface area contributed by atoms with Crippen LogP contribution in [0.5, 0.6) is 11.5 Å². The largest absolute Gasteiger partial charge is 0.454 e. The summed E-state index contributed by atoms with van der Waals surface area (Å²) in [7, 11) is 1.56. The molecule has 4 rings (SSSR count). The zero-order valence-corrected chi connectivity index (χ0v) is 18.4. The fourth-order valence-electron chi connectivity index (χ4n) is 3.07. The Morgan fingerprint density at radius 3 is 2.84 bits per heavy atom. The summed E-state index contributed by atoms with van der Waals surface area (Å²) in [5.74, 6) is 0.378. The van der Waals surface area contributed by atoms with Gasteiger partial charge in [-0.15, -0.1) is 11.3 Å². The molecule has 3 heterocycles. The number of hydrogen-bond acceptors (Lipinski definition) is 9. The molecule has 1 aliphatic heterocycles. The van der Waals surface area contributed by atoms with Crippen LogP contribution in [-0.4, -0.2) is 47.5 Å². The van der Waals surface area contributed by atoms with Crippen molar-refractivity contribution in [3.8, 4) is 11.5 Å². The third kappa shape index (κ3) is 4.43. The number of benzene rings is 1. The van der Waals surface area contributed by atoms with Crippen LogP contribution in [-0.2, 0) is 16.1 Å². The first-order valence-corrected chi connectivity index (χ1v) is 11.2. The van der Waals surface area contributed by atoms with Crippen molar-refractivity contribution in [2.75, 3.05) is 31.6 Å². The normalized spacial score (nSPS) is 12.3. The highest BCUT2D eigenvalue weighted by atomic mass is 32.2. The quantitative estimate of drug-likeness (QED) is 0.310. The molecular weight excluding hydrogens is 442 g/mol. The van der Waals surface area contributed by atoms with Crippen LogP contribution in [0.25, 0.3) is 10.2 Å². The maximum atomic E-state index is 12.8. The molecule has 0 unspecified atom stereocenters. The van der Waals surface area contributed by atoms with Crippen LogP contribution in [0.3, 0.4) is 0 Å².